The molecule has 0 bridgehead atoms. The summed E-state index contributed by atoms with van der Waals surface area (Å²) in [6, 6.07) is 16.6. The summed E-state index contributed by atoms with van der Waals surface area (Å²) in [5.74, 6) is -0.620. The van der Waals surface area contributed by atoms with Gasteiger partial charge in [-0.2, -0.15) is 4.99 Å². The number of nitrogens with one attached hydrogen (secondary N) is 1. The lowest BCUT2D eigenvalue weighted by Crippen LogP contribution is -2.17. The Labute approximate surface area is 155 Å². The zero-order valence-electron chi connectivity index (χ0n) is 14.0. The van der Waals surface area contributed by atoms with Gasteiger partial charge in [0.25, 0.3) is 5.91 Å². The molecule has 3 aromatic rings. The van der Waals surface area contributed by atoms with Crippen LogP contribution in [0.2, 0.25) is 0 Å². The van der Waals surface area contributed by atoms with Crippen LogP contribution < -0.4 is 10.1 Å². The topological polar surface area (TPSA) is 63.5 Å². The number of carbonyl (C=O) groups is 2. The summed E-state index contributed by atoms with van der Waals surface area (Å²) >= 11 is 1.41. The Bertz CT molecular complexity index is 986. The smallest absolute Gasteiger partial charge is 0.279 e. The van der Waals surface area contributed by atoms with Crippen molar-refractivity contribution in [1.82, 2.24) is 4.57 Å². The molecule has 2 amide bonds. The summed E-state index contributed by atoms with van der Waals surface area (Å²) in [5.41, 5.74) is 2.20. The predicted molar refractivity (Wildman–Crippen MR) is 103 cm³/mol. The molecule has 0 fully saturated rings. The van der Waals surface area contributed by atoms with E-state index in [0.717, 1.165) is 5.56 Å². The Morgan fingerprint density at radius 2 is 1.85 bits per heavy atom. The summed E-state index contributed by atoms with van der Waals surface area (Å²) in [5, 5.41) is 4.54. The van der Waals surface area contributed by atoms with Crippen molar-refractivity contribution >= 4 is 28.8 Å². The van der Waals surface area contributed by atoms with Crippen molar-refractivity contribution < 1.29 is 9.59 Å². The van der Waals surface area contributed by atoms with E-state index in [-0.39, 0.29) is 11.8 Å². The summed E-state index contributed by atoms with van der Waals surface area (Å²) in [6.45, 7) is 4.06. The van der Waals surface area contributed by atoms with Gasteiger partial charge >= 0.3 is 0 Å². The van der Waals surface area contributed by atoms with Gasteiger partial charge in [0.05, 0.1) is 0 Å². The van der Waals surface area contributed by atoms with E-state index in [0.29, 0.717) is 22.6 Å². The SMILES string of the molecule is C=CC(=O)Nc1ccc(C(=O)N=c2sccn2Cc2ccccc2)cc1. The van der Waals surface area contributed by atoms with Crippen LogP contribution in [0.4, 0.5) is 5.69 Å². The molecule has 2 aromatic carbocycles. The van der Waals surface area contributed by atoms with Crippen LogP contribution in [-0.2, 0) is 11.3 Å². The number of benzene rings is 2. The monoisotopic (exact) mass is 363 g/mol. The first kappa shape index (κ1) is 17.6. The van der Waals surface area contributed by atoms with Crippen LogP contribution in [-0.4, -0.2) is 16.4 Å². The van der Waals surface area contributed by atoms with Crippen molar-refractivity contribution in [3.05, 3.63) is 94.8 Å². The van der Waals surface area contributed by atoms with E-state index in [4.69, 9.17) is 0 Å². The Morgan fingerprint density at radius 3 is 2.54 bits per heavy atom. The average Bonchev–Trinajstić information content (AvgIpc) is 3.09. The lowest BCUT2D eigenvalue weighted by molar-refractivity contribution is -0.111. The Morgan fingerprint density at radius 1 is 1.12 bits per heavy atom. The molecular weight excluding hydrogens is 346 g/mol. The minimum Gasteiger partial charge on any atom is -0.323 e. The molecule has 5 nitrogen and oxygen atoms in total. The standard InChI is InChI=1S/C20H17N3O2S/c1-2-18(24)21-17-10-8-16(9-11-17)19(25)22-20-23(12-13-26-20)14-15-6-4-3-5-7-15/h2-13H,1,14H2,(H,21,24). The number of thiazole rings is 1. The number of hydrogen-bond acceptors (Lipinski definition) is 3. The van der Waals surface area contributed by atoms with E-state index in [2.05, 4.69) is 16.9 Å². The highest BCUT2D eigenvalue weighted by Crippen LogP contribution is 2.10. The number of nitrogens with zero attached hydrogens (tertiary/aromatic N) is 2. The Balaban J connectivity index is 1.78. The molecule has 0 aliphatic heterocycles. The molecule has 1 heterocycles. The van der Waals surface area contributed by atoms with Gasteiger partial charge < -0.3 is 9.88 Å². The number of rotatable bonds is 5. The van der Waals surface area contributed by atoms with E-state index in [1.807, 2.05) is 46.5 Å². The molecule has 130 valence electrons. The van der Waals surface area contributed by atoms with Gasteiger partial charge in [0.1, 0.15) is 0 Å². The summed E-state index contributed by atoms with van der Waals surface area (Å²) in [6.07, 6.45) is 3.11. The number of amides is 2. The largest absolute Gasteiger partial charge is 0.323 e. The third-order valence-corrected chi connectivity index (χ3v) is 4.43. The first-order chi connectivity index (χ1) is 12.7. The fourth-order valence-corrected chi connectivity index (χ4v) is 3.05. The maximum Gasteiger partial charge on any atom is 0.279 e. The molecule has 0 atom stereocenters. The molecule has 0 radical (unpaired) electrons. The number of carbonyl (C=O) groups excluding carboxylic acids is 2. The molecule has 3 rings (SSSR count). The lowest BCUT2D eigenvalue weighted by atomic mass is 10.2. The highest BCUT2D eigenvalue weighted by atomic mass is 32.1. The second-order valence-electron chi connectivity index (χ2n) is 5.49. The van der Waals surface area contributed by atoms with Gasteiger partial charge in [-0.15, -0.1) is 11.3 Å². The third-order valence-electron chi connectivity index (χ3n) is 3.64. The van der Waals surface area contributed by atoms with Gasteiger partial charge in [0.15, 0.2) is 4.80 Å². The van der Waals surface area contributed by atoms with E-state index >= 15 is 0 Å². The maximum atomic E-state index is 12.4. The Hall–Kier alpha value is -3.25. The van der Waals surface area contributed by atoms with Crippen molar-refractivity contribution in [2.45, 2.75) is 6.54 Å². The second-order valence-corrected chi connectivity index (χ2v) is 6.36. The minimum atomic E-state index is -0.323. The summed E-state index contributed by atoms with van der Waals surface area (Å²) in [7, 11) is 0. The van der Waals surface area contributed by atoms with Crippen molar-refractivity contribution in [1.29, 1.82) is 0 Å². The number of hydrogen-bond donors (Lipinski definition) is 1. The fourth-order valence-electron chi connectivity index (χ4n) is 2.33. The zero-order valence-corrected chi connectivity index (χ0v) is 14.8. The average molecular weight is 363 g/mol. The first-order valence-electron chi connectivity index (χ1n) is 7.96. The molecule has 0 spiro atoms. The number of anilines is 1. The van der Waals surface area contributed by atoms with E-state index < -0.39 is 0 Å². The zero-order chi connectivity index (χ0) is 18.4. The molecule has 26 heavy (non-hydrogen) atoms. The van der Waals surface area contributed by atoms with Gasteiger partial charge in [-0.25, -0.2) is 0 Å². The lowest BCUT2D eigenvalue weighted by Gasteiger charge is -2.04. The quantitative estimate of drug-likeness (QED) is 0.706. The summed E-state index contributed by atoms with van der Waals surface area (Å²) < 4.78 is 1.94. The molecule has 6 heteroatoms. The molecule has 0 aliphatic rings. The van der Waals surface area contributed by atoms with Crippen molar-refractivity contribution in [3.8, 4) is 0 Å². The molecule has 0 unspecified atom stereocenters. The summed E-state index contributed by atoms with van der Waals surface area (Å²) in [4.78, 5) is 28.6. The van der Waals surface area contributed by atoms with Crippen LogP contribution in [0.25, 0.3) is 0 Å². The van der Waals surface area contributed by atoms with E-state index in [1.165, 1.54) is 17.4 Å². The van der Waals surface area contributed by atoms with Gasteiger partial charge in [-0.05, 0) is 35.9 Å². The van der Waals surface area contributed by atoms with Crippen LogP contribution in [0.1, 0.15) is 15.9 Å². The van der Waals surface area contributed by atoms with Crippen molar-refractivity contribution in [3.63, 3.8) is 0 Å². The van der Waals surface area contributed by atoms with E-state index in [9.17, 15) is 9.59 Å². The third kappa shape index (κ3) is 4.43. The highest BCUT2D eigenvalue weighted by Gasteiger charge is 2.06. The molecule has 1 N–H and O–H groups in total. The predicted octanol–water partition coefficient (Wildman–Crippen LogP) is 3.46. The van der Waals surface area contributed by atoms with E-state index in [1.54, 1.807) is 24.3 Å². The fraction of sp³-hybridized carbons (Fsp3) is 0.0500. The van der Waals surface area contributed by atoms with Crippen LogP contribution >= 0.6 is 11.3 Å². The molecular formula is C20H17N3O2S. The highest BCUT2D eigenvalue weighted by molar-refractivity contribution is 7.07. The maximum absolute atomic E-state index is 12.4. The Kier molecular flexibility index (Phi) is 5.56. The molecule has 1 aromatic heterocycles. The number of aromatic nitrogens is 1. The first-order valence-corrected chi connectivity index (χ1v) is 8.84. The van der Waals surface area contributed by atoms with Gasteiger partial charge in [0, 0.05) is 29.4 Å². The molecule has 0 saturated heterocycles. The normalized spacial score (nSPS) is 11.2. The van der Waals surface area contributed by atoms with Gasteiger partial charge in [0.2, 0.25) is 5.91 Å². The van der Waals surface area contributed by atoms with Gasteiger partial charge in [-0.1, -0.05) is 36.9 Å². The van der Waals surface area contributed by atoms with Crippen LogP contribution in [0.15, 0.2) is 83.8 Å². The van der Waals surface area contributed by atoms with Crippen LogP contribution in [0.3, 0.4) is 0 Å². The van der Waals surface area contributed by atoms with Crippen molar-refractivity contribution in [2.75, 3.05) is 5.32 Å². The van der Waals surface area contributed by atoms with Crippen molar-refractivity contribution in [2.24, 2.45) is 4.99 Å². The molecule has 0 aliphatic carbocycles. The second kappa shape index (κ2) is 8.22. The minimum absolute atomic E-state index is 0.297. The van der Waals surface area contributed by atoms with Crippen LogP contribution in [0.5, 0.6) is 0 Å². The van der Waals surface area contributed by atoms with Crippen LogP contribution in [0, 0.1) is 0 Å². The molecule has 0 saturated carbocycles. The van der Waals surface area contributed by atoms with Gasteiger partial charge in [-0.3, -0.25) is 9.59 Å².